The molecule has 0 saturated heterocycles. The molecule has 1 rings (SSSR count). The van der Waals surface area contributed by atoms with Crippen LogP contribution in [0.15, 0.2) is 24.3 Å². The summed E-state index contributed by atoms with van der Waals surface area (Å²) in [6.07, 6.45) is 9.32. The Morgan fingerprint density at radius 3 is 2.29 bits per heavy atom. The molecule has 24 heavy (non-hydrogen) atoms. The number of hydrogen-bond acceptors (Lipinski definition) is 4. The fourth-order valence-electron chi connectivity index (χ4n) is 2.12. The van der Waals surface area contributed by atoms with Crippen LogP contribution in [0.4, 0.5) is 0 Å². The molecular formula is C17H24Cl2O4S. The summed E-state index contributed by atoms with van der Waals surface area (Å²) in [7, 11) is -3.33. The van der Waals surface area contributed by atoms with Gasteiger partial charge in [-0.05, 0) is 43.9 Å². The van der Waals surface area contributed by atoms with Gasteiger partial charge in [-0.25, -0.2) is 0 Å². The average molecular weight is 395 g/mol. The Balaban J connectivity index is 2.35. The van der Waals surface area contributed by atoms with Gasteiger partial charge in [0.15, 0.2) is 5.75 Å². The second-order valence-corrected chi connectivity index (χ2v) is 7.92. The highest BCUT2D eigenvalue weighted by Gasteiger charge is 2.09. The van der Waals surface area contributed by atoms with Crippen LogP contribution in [0.25, 0.3) is 0 Å². The summed E-state index contributed by atoms with van der Waals surface area (Å²) < 4.78 is 31.9. The minimum Gasteiger partial charge on any atom is -0.486 e. The molecule has 0 unspecified atom stereocenters. The number of hydrogen-bond donors (Lipinski definition) is 0. The zero-order chi connectivity index (χ0) is 18.0. The van der Waals surface area contributed by atoms with Gasteiger partial charge in [-0.3, -0.25) is 4.18 Å². The summed E-state index contributed by atoms with van der Waals surface area (Å²) in [4.78, 5) is 0. The Morgan fingerprint density at radius 2 is 1.71 bits per heavy atom. The van der Waals surface area contributed by atoms with E-state index >= 15 is 0 Å². The van der Waals surface area contributed by atoms with Gasteiger partial charge in [0.25, 0.3) is 10.1 Å². The normalized spacial score (nSPS) is 12.0. The van der Waals surface area contributed by atoms with Gasteiger partial charge in [0.1, 0.15) is 6.61 Å². The van der Waals surface area contributed by atoms with E-state index in [4.69, 9.17) is 32.1 Å². The molecule has 136 valence electrons. The maximum Gasteiger partial charge on any atom is 0.264 e. The van der Waals surface area contributed by atoms with E-state index in [0.717, 1.165) is 43.9 Å². The lowest BCUT2D eigenvalue weighted by Gasteiger charge is -2.10. The van der Waals surface area contributed by atoms with E-state index in [-0.39, 0.29) is 6.61 Å². The SMILES string of the molecule is C/C=C/COc1c(Cl)cc(CCCCCCOS(C)(=O)=O)cc1Cl. The summed E-state index contributed by atoms with van der Waals surface area (Å²) in [6.45, 7) is 2.60. The van der Waals surface area contributed by atoms with Crippen molar-refractivity contribution in [1.29, 1.82) is 0 Å². The van der Waals surface area contributed by atoms with E-state index in [1.165, 1.54) is 0 Å². The summed E-state index contributed by atoms with van der Waals surface area (Å²) >= 11 is 12.5. The van der Waals surface area contributed by atoms with Crippen molar-refractivity contribution >= 4 is 33.3 Å². The number of halogens is 2. The van der Waals surface area contributed by atoms with Crippen LogP contribution in [0.1, 0.15) is 38.2 Å². The largest absolute Gasteiger partial charge is 0.486 e. The number of allylic oxidation sites excluding steroid dienone is 1. The van der Waals surface area contributed by atoms with Crippen LogP contribution < -0.4 is 4.74 Å². The van der Waals surface area contributed by atoms with Gasteiger partial charge in [0.2, 0.25) is 0 Å². The molecule has 0 amide bonds. The van der Waals surface area contributed by atoms with Crippen molar-refractivity contribution in [3.05, 3.63) is 39.9 Å². The minimum atomic E-state index is -3.33. The van der Waals surface area contributed by atoms with Gasteiger partial charge in [0, 0.05) is 0 Å². The zero-order valence-corrected chi connectivity index (χ0v) is 16.4. The second-order valence-electron chi connectivity index (χ2n) is 5.46. The summed E-state index contributed by atoms with van der Waals surface area (Å²) in [5.74, 6) is 0.512. The topological polar surface area (TPSA) is 52.6 Å². The van der Waals surface area contributed by atoms with Gasteiger partial charge < -0.3 is 4.74 Å². The molecule has 1 aromatic rings. The molecule has 0 aliphatic carbocycles. The van der Waals surface area contributed by atoms with Crippen LogP contribution in [0.3, 0.4) is 0 Å². The van der Waals surface area contributed by atoms with E-state index in [1.54, 1.807) is 0 Å². The monoisotopic (exact) mass is 394 g/mol. The lowest BCUT2D eigenvalue weighted by molar-refractivity contribution is 0.310. The molecule has 0 fully saturated rings. The maximum atomic E-state index is 10.8. The summed E-state index contributed by atoms with van der Waals surface area (Å²) in [6, 6.07) is 3.76. The van der Waals surface area contributed by atoms with Crippen LogP contribution in [0.5, 0.6) is 5.75 Å². The smallest absolute Gasteiger partial charge is 0.264 e. The Morgan fingerprint density at radius 1 is 1.08 bits per heavy atom. The number of benzene rings is 1. The van der Waals surface area contributed by atoms with Crippen LogP contribution in [-0.2, 0) is 20.7 Å². The number of unbranched alkanes of at least 4 members (excludes halogenated alkanes) is 3. The lowest BCUT2D eigenvalue weighted by Crippen LogP contribution is -2.03. The van der Waals surface area contributed by atoms with Crippen molar-refractivity contribution < 1.29 is 17.3 Å². The van der Waals surface area contributed by atoms with Crippen molar-refractivity contribution in [2.75, 3.05) is 19.5 Å². The first-order chi connectivity index (χ1) is 11.3. The van der Waals surface area contributed by atoms with Crippen LogP contribution in [-0.4, -0.2) is 27.9 Å². The van der Waals surface area contributed by atoms with Crippen molar-refractivity contribution in [2.45, 2.75) is 39.0 Å². The van der Waals surface area contributed by atoms with Crippen molar-refractivity contribution in [3.63, 3.8) is 0 Å². The number of ether oxygens (including phenoxy) is 1. The molecule has 0 aromatic heterocycles. The maximum absolute atomic E-state index is 10.8. The van der Waals surface area contributed by atoms with E-state index < -0.39 is 10.1 Å². The van der Waals surface area contributed by atoms with E-state index in [0.29, 0.717) is 22.4 Å². The van der Waals surface area contributed by atoms with Gasteiger partial charge in [-0.15, -0.1) is 0 Å². The molecule has 0 radical (unpaired) electrons. The van der Waals surface area contributed by atoms with Gasteiger partial charge in [-0.1, -0.05) is 48.2 Å². The number of rotatable bonds is 11. The molecule has 1 aromatic carbocycles. The van der Waals surface area contributed by atoms with Crippen LogP contribution in [0, 0.1) is 0 Å². The third-order valence-electron chi connectivity index (χ3n) is 3.27. The van der Waals surface area contributed by atoms with Gasteiger partial charge in [-0.2, -0.15) is 8.42 Å². The second kappa shape index (κ2) is 11.0. The molecule has 0 saturated carbocycles. The minimum absolute atomic E-state index is 0.245. The fourth-order valence-corrected chi connectivity index (χ4v) is 3.18. The summed E-state index contributed by atoms with van der Waals surface area (Å²) in [5.41, 5.74) is 1.07. The molecule has 7 heteroatoms. The molecule has 0 heterocycles. The Bertz CT molecular complexity index is 619. The molecular weight excluding hydrogens is 371 g/mol. The van der Waals surface area contributed by atoms with E-state index in [2.05, 4.69) is 0 Å². The quantitative estimate of drug-likeness (QED) is 0.300. The average Bonchev–Trinajstić information content (AvgIpc) is 2.48. The fraction of sp³-hybridized carbons (Fsp3) is 0.529. The van der Waals surface area contributed by atoms with Gasteiger partial charge in [0.05, 0.1) is 22.9 Å². The molecule has 0 atom stereocenters. The third kappa shape index (κ3) is 8.92. The highest BCUT2D eigenvalue weighted by molar-refractivity contribution is 7.85. The predicted octanol–water partition coefficient (Wildman–Crippen LogP) is 5.03. The van der Waals surface area contributed by atoms with E-state index in [1.807, 2.05) is 31.2 Å². The Labute approximate surface area is 154 Å². The first kappa shape index (κ1) is 21.3. The highest BCUT2D eigenvalue weighted by atomic mass is 35.5. The summed E-state index contributed by atoms with van der Waals surface area (Å²) in [5, 5.41) is 1.03. The van der Waals surface area contributed by atoms with Crippen molar-refractivity contribution in [2.24, 2.45) is 0 Å². The Hall–Kier alpha value is -0.750. The molecule has 0 bridgehead atoms. The van der Waals surface area contributed by atoms with E-state index in [9.17, 15) is 8.42 Å². The predicted molar refractivity (Wildman–Crippen MR) is 99.7 cm³/mol. The van der Waals surface area contributed by atoms with Crippen molar-refractivity contribution in [1.82, 2.24) is 0 Å². The molecule has 4 nitrogen and oxygen atoms in total. The first-order valence-electron chi connectivity index (χ1n) is 7.89. The third-order valence-corrected chi connectivity index (χ3v) is 4.43. The highest BCUT2D eigenvalue weighted by Crippen LogP contribution is 2.34. The standard InChI is InChI=1S/C17H24Cl2O4S/c1-3-4-10-22-17-15(18)12-14(13-16(17)19)9-7-5-6-8-11-23-24(2,20)21/h3-4,12-13H,5-11H2,1-2H3/b4-3+. The molecule has 0 spiro atoms. The van der Waals surface area contributed by atoms with Crippen LogP contribution >= 0.6 is 23.2 Å². The molecule has 0 aliphatic heterocycles. The van der Waals surface area contributed by atoms with Gasteiger partial charge >= 0.3 is 0 Å². The molecule has 0 N–H and O–H groups in total. The lowest BCUT2D eigenvalue weighted by atomic mass is 10.1. The first-order valence-corrected chi connectivity index (χ1v) is 10.5. The zero-order valence-electron chi connectivity index (χ0n) is 14.1. The Kier molecular flexibility index (Phi) is 9.74. The van der Waals surface area contributed by atoms with Crippen LogP contribution in [0.2, 0.25) is 10.0 Å². The molecule has 0 aliphatic rings. The van der Waals surface area contributed by atoms with Crippen molar-refractivity contribution in [3.8, 4) is 5.75 Å². The number of aryl methyl sites for hydroxylation is 1.